The van der Waals surface area contributed by atoms with Gasteiger partial charge in [0.05, 0.1) is 10.3 Å². The maximum absolute atomic E-state index is 13.3. The number of sulfonamides is 1. The van der Waals surface area contributed by atoms with Crippen molar-refractivity contribution in [2.45, 2.75) is 30.5 Å². The van der Waals surface area contributed by atoms with Crippen LogP contribution in [0.2, 0.25) is 5.02 Å². The quantitative estimate of drug-likeness (QED) is 0.638. The Morgan fingerprint density at radius 2 is 1.62 bits per heavy atom. The van der Waals surface area contributed by atoms with E-state index in [2.05, 4.69) is 4.74 Å². The molecule has 2 aromatic carbocycles. The summed E-state index contributed by atoms with van der Waals surface area (Å²) in [5, 5.41) is 0.423. The molecule has 2 saturated heterocycles. The molecule has 0 aliphatic carbocycles. The first-order chi connectivity index (χ1) is 15.0. The van der Waals surface area contributed by atoms with Gasteiger partial charge in [0, 0.05) is 30.3 Å². The Balaban J connectivity index is 1.52. The Labute approximate surface area is 188 Å². The molecule has 6 nitrogen and oxygen atoms in total. The molecular weight excluding hydrogens is 469 g/mol. The maximum Gasteiger partial charge on any atom is 0.573 e. The lowest BCUT2D eigenvalue weighted by Gasteiger charge is -2.38. The Bertz CT molecular complexity index is 1110. The monoisotopic (exact) mass is 488 g/mol. The molecule has 0 bridgehead atoms. The van der Waals surface area contributed by atoms with Crippen LogP contribution in [0, 0.1) is 5.41 Å². The number of rotatable bonds is 4. The van der Waals surface area contributed by atoms with Gasteiger partial charge < -0.3 is 9.64 Å². The third-order valence-electron chi connectivity index (χ3n) is 5.89. The largest absolute Gasteiger partial charge is 0.573 e. The highest BCUT2D eigenvalue weighted by Crippen LogP contribution is 2.43. The van der Waals surface area contributed by atoms with E-state index in [4.69, 9.17) is 11.6 Å². The van der Waals surface area contributed by atoms with Crippen LogP contribution in [0.1, 0.15) is 19.3 Å². The van der Waals surface area contributed by atoms with Crippen LogP contribution < -0.4 is 9.64 Å². The number of alkyl halides is 3. The number of nitrogens with zero attached hydrogens (tertiary/aromatic N) is 2. The van der Waals surface area contributed by atoms with Gasteiger partial charge in [0.15, 0.2) is 0 Å². The predicted molar refractivity (Wildman–Crippen MR) is 112 cm³/mol. The lowest BCUT2D eigenvalue weighted by atomic mass is 9.79. The minimum atomic E-state index is -4.80. The van der Waals surface area contributed by atoms with Crippen molar-refractivity contribution >= 4 is 33.2 Å². The summed E-state index contributed by atoms with van der Waals surface area (Å²) in [6.45, 7) is 0.721. The molecule has 2 aliphatic heterocycles. The van der Waals surface area contributed by atoms with E-state index in [1.807, 2.05) is 0 Å². The van der Waals surface area contributed by atoms with Gasteiger partial charge in [-0.2, -0.15) is 4.31 Å². The van der Waals surface area contributed by atoms with Gasteiger partial charge in [-0.25, -0.2) is 8.42 Å². The minimum absolute atomic E-state index is 0.0581. The lowest BCUT2D eigenvalue weighted by molar-refractivity contribution is -0.274. The van der Waals surface area contributed by atoms with E-state index < -0.39 is 21.8 Å². The van der Waals surface area contributed by atoms with Crippen LogP contribution in [-0.2, 0) is 14.8 Å². The molecular formula is C21H20ClF3N2O4S. The van der Waals surface area contributed by atoms with Gasteiger partial charge in [0.1, 0.15) is 5.75 Å². The Morgan fingerprint density at radius 3 is 2.25 bits per heavy atom. The van der Waals surface area contributed by atoms with Gasteiger partial charge in [0.25, 0.3) is 0 Å². The molecule has 1 amide bonds. The Kier molecular flexibility index (Phi) is 5.89. The fourth-order valence-corrected chi connectivity index (χ4v) is 6.01. The zero-order valence-electron chi connectivity index (χ0n) is 16.8. The summed E-state index contributed by atoms with van der Waals surface area (Å²) in [7, 11) is -3.79. The highest BCUT2D eigenvalue weighted by molar-refractivity contribution is 7.89. The van der Waals surface area contributed by atoms with Gasteiger partial charge >= 0.3 is 6.36 Å². The molecule has 2 fully saturated rings. The smallest absolute Gasteiger partial charge is 0.406 e. The Morgan fingerprint density at radius 1 is 0.969 bits per heavy atom. The van der Waals surface area contributed by atoms with Crippen molar-refractivity contribution in [2.24, 2.45) is 5.41 Å². The van der Waals surface area contributed by atoms with Gasteiger partial charge in [-0.1, -0.05) is 11.6 Å². The van der Waals surface area contributed by atoms with Gasteiger partial charge in [0.2, 0.25) is 15.9 Å². The van der Waals surface area contributed by atoms with E-state index in [9.17, 15) is 26.4 Å². The fourth-order valence-electron chi connectivity index (χ4n) is 4.32. The number of amides is 1. The van der Waals surface area contributed by atoms with E-state index >= 15 is 0 Å². The van der Waals surface area contributed by atoms with E-state index in [1.165, 1.54) is 45.6 Å². The summed E-state index contributed by atoms with van der Waals surface area (Å²) in [5.41, 5.74) is -0.419. The molecule has 32 heavy (non-hydrogen) atoms. The number of carbonyl (C=O) groups excluding carboxylic acids is 1. The first-order valence-electron chi connectivity index (χ1n) is 9.94. The zero-order chi connectivity index (χ0) is 23.1. The molecule has 2 heterocycles. The molecule has 172 valence electrons. The summed E-state index contributed by atoms with van der Waals surface area (Å²) in [6.07, 6.45) is -3.26. The number of anilines is 1. The molecule has 2 aliphatic rings. The first-order valence-corrected chi connectivity index (χ1v) is 11.8. The second-order valence-corrected chi connectivity index (χ2v) is 10.3. The third kappa shape index (κ3) is 4.44. The SMILES string of the molecule is O=C1N(c2ccc(OC(F)(F)F)cc2)CCC12CCCN(S(=O)(=O)c1ccc(Cl)cc1)C2. The molecule has 1 atom stereocenters. The lowest BCUT2D eigenvalue weighted by Crippen LogP contribution is -2.49. The number of ether oxygens (including phenoxy) is 1. The molecule has 11 heteroatoms. The topological polar surface area (TPSA) is 66.9 Å². The average molecular weight is 489 g/mol. The van der Waals surface area contributed by atoms with Crippen molar-refractivity contribution in [1.82, 2.24) is 4.31 Å². The molecule has 1 spiro atoms. The van der Waals surface area contributed by atoms with Gasteiger partial charge in [-0.05, 0) is 67.8 Å². The van der Waals surface area contributed by atoms with Crippen molar-refractivity contribution in [2.75, 3.05) is 24.5 Å². The van der Waals surface area contributed by atoms with Crippen molar-refractivity contribution in [3.63, 3.8) is 0 Å². The highest BCUT2D eigenvalue weighted by Gasteiger charge is 2.51. The average Bonchev–Trinajstić information content (AvgIpc) is 3.03. The van der Waals surface area contributed by atoms with Crippen molar-refractivity contribution in [3.05, 3.63) is 53.6 Å². The van der Waals surface area contributed by atoms with Gasteiger partial charge in [-0.15, -0.1) is 13.2 Å². The van der Waals surface area contributed by atoms with Crippen LogP contribution in [0.4, 0.5) is 18.9 Å². The number of piperidine rings is 1. The number of halogens is 4. The van der Waals surface area contributed by atoms with Crippen LogP contribution in [0.3, 0.4) is 0 Å². The summed E-state index contributed by atoms with van der Waals surface area (Å²) in [6, 6.07) is 11.0. The number of carbonyl (C=O) groups is 1. The molecule has 0 saturated carbocycles. The zero-order valence-corrected chi connectivity index (χ0v) is 18.4. The normalized spacial score (nSPS) is 22.5. The van der Waals surface area contributed by atoms with Crippen LogP contribution in [-0.4, -0.2) is 44.6 Å². The standard InChI is InChI=1S/C21H20ClF3N2O4S/c22-15-2-8-18(9-3-15)32(29,30)26-12-1-10-20(14-26)11-13-27(19(20)28)16-4-6-17(7-5-16)31-21(23,24)25/h2-9H,1,10-14H2. The predicted octanol–water partition coefficient (Wildman–Crippen LogP) is 4.45. The summed E-state index contributed by atoms with van der Waals surface area (Å²) in [4.78, 5) is 14.9. The molecule has 0 aromatic heterocycles. The molecule has 2 aromatic rings. The fraction of sp³-hybridized carbons (Fsp3) is 0.381. The van der Waals surface area contributed by atoms with E-state index in [0.29, 0.717) is 43.1 Å². The molecule has 4 rings (SSSR count). The molecule has 0 N–H and O–H groups in total. The summed E-state index contributed by atoms with van der Waals surface area (Å²) in [5.74, 6) is -0.599. The van der Waals surface area contributed by atoms with Crippen molar-refractivity contribution in [1.29, 1.82) is 0 Å². The van der Waals surface area contributed by atoms with Crippen LogP contribution >= 0.6 is 11.6 Å². The maximum atomic E-state index is 13.3. The second-order valence-electron chi connectivity index (χ2n) is 7.92. The summed E-state index contributed by atoms with van der Waals surface area (Å²) >= 11 is 5.86. The summed E-state index contributed by atoms with van der Waals surface area (Å²) < 4.78 is 68.5. The minimum Gasteiger partial charge on any atom is -0.406 e. The number of hydrogen-bond donors (Lipinski definition) is 0. The highest BCUT2D eigenvalue weighted by atomic mass is 35.5. The van der Waals surface area contributed by atoms with Crippen LogP contribution in [0.15, 0.2) is 53.4 Å². The second kappa shape index (κ2) is 8.24. The van der Waals surface area contributed by atoms with Crippen LogP contribution in [0.25, 0.3) is 0 Å². The van der Waals surface area contributed by atoms with E-state index in [-0.39, 0.29) is 23.1 Å². The first kappa shape index (κ1) is 22.9. The molecule has 1 unspecified atom stereocenters. The number of benzene rings is 2. The van der Waals surface area contributed by atoms with Gasteiger partial charge in [-0.3, -0.25) is 4.79 Å². The van der Waals surface area contributed by atoms with Crippen molar-refractivity contribution in [3.8, 4) is 5.75 Å². The molecule has 0 radical (unpaired) electrons. The van der Waals surface area contributed by atoms with E-state index in [1.54, 1.807) is 0 Å². The van der Waals surface area contributed by atoms with E-state index in [0.717, 1.165) is 12.1 Å². The Hall–Kier alpha value is -2.30. The number of hydrogen-bond acceptors (Lipinski definition) is 4. The third-order valence-corrected chi connectivity index (χ3v) is 8.00. The van der Waals surface area contributed by atoms with Crippen LogP contribution in [0.5, 0.6) is 5.75 Å². The van der Waals surface area contributed by atoms with Crippen molar-refractivity contribution < 1.29 is 31.1 Å².